The number of halogens is 1. The van der Waals surface area contributed by atoms with E-state index in [-0.39, 0.29) is 29.8 Å². The third-order valence-electron chi connectivity index (χ3n) is 0.500. The number of hydrogen-bond acceptors (Lipinski definition) is 0. The summed E-state index contributed by atoms with van der Waals surface area (Å²) in [4.78, 5) is 0. The number of hydrogen-bond donors (Lipinski definition) is 0. The summed E-state index contributed by atoms with van der Waals surface area (Å²) in [6.07, 6.45) is 2.64. The summed E-state index contributed by atoms with van der Waals surface area (Å²) < 4.78 is 0. The molecular weight excluding hydrogens is 110 g/mol. The molecule has 0 unspecified atom stereocenters. The lowest BCUT2D eigenvalue weighted by Crippen LogP contribution is -1.47. The van der Waals surface area contributed by atoms with E-state index in [0.29, 0.717) is 0 Å². The molecule has 0 aliphatic rings. The molecule has 2 heteroatoms. The van der Waals surface area contributed by atoms with Crippen LogP contribution in [0.15, 0.2) is 0 Å². The molecule has 0 saturated carbocycles. The predicted molar refractivity (Wildman–Crippen MR) is 37.8 cm³/mol. The smallest absolute Gasteiger partial charge is 0.147 e. The third kappa shape index (κ3) is 21.2. The Hall–Kier alpha value is 0.822. The van der Waals surface area contributed by atoms with Crippen LogP contribution in [0.2, 0.25) is 0 Å². The molecule has 6 heavy (non-hydrogen) atoms. The van der Waals surface area contributed by atoms with Crippen molar-refractivity contribution < 1.29 is 0 Å². The van der Waals surface area contributed by atoms with E-state index in [1.165, 1.54) is 12.8 Å². The molecule has 0 nitrogen and oxygen atoms in total. The van der Waals surface area contributed by atoms with Crippen LogP contribution >= 0.6 is 12.4 Å². The average Bonchev–Trinajstić information content (AvgIpc) is 1.37. The van der Waals surface area contributed by atoms with Gasteiger partial charge in [0.15, 0.2) is 17.4 Å². The van der Waals surface area contributed by atoms with Crippen molar-refractivity contribution in [3.63, 3.8) is 0 Å². The molecule has 0 N–H and O–H groups in total. The summed E-state index contributed by atoms with van der Waals surface area (Å²) >= 11 is 0. The Kier molecular flexibility index (Phi) is 44.8. The van der Waals surface area contributed by atoms with Gasteiger partial charge in [-0.2, -0.15) is 0 Å². The molecule has 0 rings (SSSR count). The maximum atomic E-state index is 2.18. The lowest BCUT2D eigenvalue weighted by molar-refractivity contribution is 0.886. The summed E-state index contributed by atoms with van der Waals surface area (Å²) in [6.45, 7) is 4.36. The van der Waals surface area contributed by atoms with Gasteiger partial charge in [0, 0.05) is 0 Å². The van der Waals surface area contributed by atoms with E-state index in [1.54, 1.807) is 0 Å². The molecule has 0 aromatic heterocycles. The normalized spacial score (nSPS) is 5.00. The number of unbranched alkanes of at least 4 members (excludes halogenated alkanes) is 1. The van der Waals surface area contributed by atoms with Gasteiger partial charge in [-0.1, -0.05) is 26.7 Å². The summed E-state index contributed by atoms with van der Waals surface area (Å²) in [6, 6.07) is 0. The standard InChI is InChI=1S/C4H10.Al.ClH.3H/c1-3-4-2;;;;;/h3-4H2,1-2H3;;1H;;;. The van der Waals surface area contributed by atoms with Crippen molar-refractivity contribution in [3.8, 4) is 0 Å². The van der Waals surface area contributed by atoms with Crippen molar-refractivity contribution in [1.29, 1.82) is 0 Å². The van der Waals surface area contributed by atoms with Crippen molar-refractivity contribution in [3.05, 3.63) is 0 Å². The molecule has 0 aromatic rings. The van der Waals surface area contributed by atoms with Gasteiger partial charge in [0.1, 0.15) is 0 Å². The molecule has 0 radical (unpaired) electrons. The average molecular weight is 125 g/mol. The highest BCUT2D eigenvalue weighted by Gasteiger charge is 1.56. The molecule has 0 amide bonds. The van der Waals surface area contributed by atoms with E-state index in [0.717, 1.165) is 0 Å². The van der Waals surface area contributed by atoms with Crippen LogP contribution in [0.3, 0.4) is 0 Å². The van der Waals surface area contributed by atoms with Crippen molar-refractivity contribution in [2.24, 2.45) is 0 Å². The first-order valence-electron chi connectivity index (χ1n) is 1.91. The van der Waals surface area contributed by atoms with Gasteiger partial charge in [0.25, 0.3) is 0 Å². The van der Waals surface area contributed by atoms with Crippen LogP contribution in [0.25, 0.3) is 0 Å². The quantitative estimate of drug-likeness (QED) is 0.459. The fourth-order valence-electron chi connectivity index (χ4n) is 0. The molecule has 0 saturated heterocycles. The highest BCUT2D eigenvalue weighted by molar-refractivity contribution is 5.85. The van der Waals surface area contributed by atoms with E-state index < -0.39 is 0 Å². The monoisotopic (exact) mass is 124 g/mol. The molecular formula is C4H14AlCl. The minimum Gasteiger partial charge on any atom is -0.147 e. The van der Waals surface area contributed by atoms with Gasteiger partial charge in [-0.25, -0.2) is 0 Å². The van der Waals surface area contributed by atoms with Gasteiger partial charge in [-0.3, -0.25) is 0 Å². The minimum absolute atomic E-state index is 0. The first-order chi connectivity index (χ1) is 1.91. The van der Waals surface area contributed by atoms with Crippen LogP contribution in [0.4, 0.5) is 0 Å². The number of rotatable bonds is 1. The lowest BCUT2D eigenvalue weighted by atomic mass is 10.4. The minimum atomic E-state index is 0. The zero-order valence-electron chi connectivity index (χ0n) is 3.82. The first kappa shape index (κ1) is 15.8. The second-order valence-electron chi connectivity index (χ2n) is 1.000. The highest BCUT2D eigenvalue weighted by atomic mass is 35.5. The molecule has 0 fully saturated rings. The van der Waals surface area contributed by atoms with Crippen molar-refractivity contribution >= 4 is 29.8 Å². The summed E-state index contributed by atoms with van der Waals surface area (Å²) in [5.74, 6) is 0. The fraction of sp³-hybridized carbons (Fsp3) is 1.00. The van der Waals surface area contributed by atoms with E-state index >= 15 is 0 Å². The Morgan fingerprint density at radius 3 is 1.17 bits per heavy atom. The second-order valence-corrected chi connectivity index (χ2v) is 1.000. The second kappa shape index (κ2) is 17.0. The Morgan fingerprint density at radius 2 is 1.17 bits per heavy atom. The molecule has 0 aliphatic heterocycles. The molecule has 0 spiro atoms. The van der Waals surface area contributed by atoms with Crippen molar-refractivity contribution in [2.75, 3.05) is 0 Å². The van der Waals surface area contributed by atoms with Crippen LogP contribution in [-0.4, -0.2) is 17.4 Å². The summed E-state index contributed by atoms with van der Waals surface area (Å²) in [7, 11) is 0. The molecule has 0 heterocycles. The first-order valence-corrected chi connectivity index (χ1v) is 1.91. The van der Waals surface area contributed by atoms with E-state index in [2.05, 4.69) is 13.8 Å². The summed E-state index contributed by atoms with van der Waals surface area (Å²) in [5, 5.41) is 0. The van der Waals surface area contributed by atoms with Crippen molar-refractivity contribution in [1.82, 2.24) is 0 Å². The van der Waals surface area contributed by atoms with Crippen molar-refractivity contribution in [2.45, 2.75) is 26.7 Å². The Labute approximate surface area is 56.9 Å². The zero-order valence-corrected chi connectivity index (χ0v) is 4.64. The maximum Gasteiger partial charge on any atom is 0.187 e. The molecule has 0 bridgehead atoms. The summed E-state index contributed by atoms with van der Waals surface area (Å²) in [5.41, 5.74) is 0. The van der Waals surface area contributed by atoms with Crippen LogP contribution in [0.5, 0.6) is 0 Å². The molecule has 0 aliphatic carbocycles. The highest BCUT2D eigenvalue weighted by Crippen LogP contribution is 1.76. The molecule has 40 valence electrons. The van der Waals surface area contributed by atoms with Gasteiger partial charge < -0.3 is 0 Å². The van der Waals surface area contributed by atoms with Crippen LogP contribution in [0.1, 0.15) is 26.7 Å². The van der Waals surface area contributed by atoms with Crippen LogP contribution < -0.4 is 0 Å². The maximum absolute atomic E-state index is 2.18. The van der Waals surface area contributed by atoms with Gasteiger partial charge >= 0.3 is 0 Å². The topological polar surface area (TPSA) is 0 Å². The Morgan fingerprint density at radius 1 is 1.00 bits per heavy atom. The van der Waals surface area contributed by atoms with Gasteiger partial charge in [0.05, 0.1) is 0 Å². The van der Waals surface area contributed by atoms with Gasteiger partial charge in [-0.05, 0) is 0 Å². The SMILES string of the molecule is CCCC.Cl.[AlH3]. The van der Waals surface area contributed by atoms with Gasteiger partial charge in [-0.15, -0.1) is 12.4 Å². The van der Waals surface area contributed by atoms with Crippen LogP contribution in [0, 0.1) is 0 Å². The molecule has 0 aromatic carbocycles. The lowest BCUT2D eigenvalue weighted by Gasteiger charge is -1.68. The van der Waals surface area contributed by atoms with Crippen LogP contribution in [-0.2, 0) is 0 Å². The Balaban J connectivity index is -0.0000000450. The van der Waals surface area contributed by atoms with E-state index in [1.807, 2.05) is 0 Å². The predicted octanol–water partition coefficient (Wildman–Crippen LogP) is 1.04. The molecule has 0 atom stereocenters. The third-order valence-corrected chi connectivity index (χ3v) is 0.500. The fourth-order valence-corrected chi connectivity index (χ4v) is 0. The van der Waals surface area contributed by atoms with Gasteiger partial charge in [0.2, 0.25) is 0 Å². The largest absolute Gasteiger partial charge is 0.187 e. The zero-order chi connectivity index (χ0) is 3.41. The van der Waals surface area contributed by atoms with E-state index in [9.17, 15) is 0 Å². The van der Waals surface area contributed by atoms with E-state index in [4.69, 9.17) is 0 Å². The Bertz CT molecular complexity index is 9.51.